The van der Waals surface area contributed by atoms with E-state index in [9.17, 15) is 8.78 Å². The van der Waals surface area contributed by atoms with Gasteiger partial charge in [0.25, 0.3) is 0 Å². The van der Waals surface area contributed by atoms with Gasteiger partial charge in [0.1, 0.15) is 5.82 Å². The van der Waals surface area contributed by atoms with Crippen molar-refractivity contribution in [2.24, 2.45) is 0 Å². The van der Waals surface area contributed by atoms with E-state index in [-0.39, 0.29) is 24.8 Å². The van der Waals surface area contributed by atoms with E-state index in [1.807, 2.05) is 7.05 Å². The number of nitrogens with zero attached hydrogens (tertiary/aromatic N) is 3. The summed E-state index contributed by atoms with van der Waals surface area (Å²) in [6.07, 6.45) is 3.81. The van der Waals surface area contributed by atoms with E-state index >= 15 is 0 Å². The molecule has 1 saturated heterocycles. The zero-order valence-corrected chi connectivity index (χ0v) is 11.7. The van der Waals surface area contributed by atoms with Gasteiger partial charge in [-0.05, 0) is 13.5 Å². The third-order valence-corrected chi connectivity index (χ3v) is 3.00. The number of rotatable bonds is 4. The normalized spacial score (nSPS) is 19.7. The second-order valence-corrected chi connectivity index (χ2v) is 4.04. The topological polar surface area (TPSA) is 33.1 Å². The highest BCUT2D eigenvalue weighted by molar-refractivity contribution is 5.85. The van der Waals surface area contributed by atoms with Crippen LogP contribution in [0.4, 0.5) is 8.78 Å². The van der Waals surface area contributed by atoms with E-state index in [0.29, 0.717) is 18.4 Å². The maximum Gasteiger partial charge on any atom is 0.319 e. The van der Waals surface area contributed by atoms with E-state index in [1.54, 1.807) is 0 Å². The van der Waals surface area contributed by atoms with E-state index in [2.05, 4.69) is 15.2 Å². The molecule has 4 nitrogen and oxygen atoms in total. The van der Waals surface area contributed by atoms with Crippen molar-refractivity contribution in [2.75, 3.05) is 20.1 Å². The number of aromatic nitrogens is 2. The van der Waals surface area contributed by atoms with E-state index in [0.717, 1.165) is 24.1 Å². The summed E-state index contributed by atoms with van der Waals surface area (Å²) in [7, 11) is 1.92. The third-order valence-electron chi connectivity index (χ3n) is 3.00. The Hall–Kier alpha value is -0.430. The first-order chi connectivity index (χ1) is 7.70. The molecule has 1 aliphatic heterocycles. The van der Waals surface area contributed by atoms with Crippen LogP contribution in [0.1, 0.15) is 18.8 Å². The lowest BCUT2D eigenvalue weighted by Crippen LogP contribution is -2.30. The molecule has 1 unspecified atom stereocenters. The smallest absolute Gasteiger partial charge is 0.316 e. The fourth-order valence-corrected chi connectivity index (χ4v) is 2.06. The minimum atomic E-state index is -2.50. The van der Waals surface area contributed by atoms with Crippen molar-refractivity contribution in [3.8, 4) is 0 Å². The minimum Gasteiger partial charge on any atom is -0.316 e. The Labute approximate surface area is 118 Å². The maximum atomic E-state index is 12.6. The van der Waals surface area contributed by atoms with Gasteiger partial charge in [0.15, 0.2) is 0 Å². The number of hydrogen-bond acceptors (Lipinski definition) is 3. The number of likely N-dealkylation sites (N-methyl/N-ethyl adjacent to an activating group) is 1. The van der Waals surface area contributed by atoms with Gasteiger partial charge >= 0.3 is 6.55 Å². The number of imidazole rings is 1. The molecule has 18 heavy (non-hydrogen) atoms. The molecule has 1 aromatic heterocycles. The number of likely N-dealkylation sites (tertiary alicyclic amines) is 1. The summed E-state index contributed by atoms with van der Waals surface area (Å²) >= 11 is 0. The standard InChI is InChI=1S/C10H16F2N4.2ClH/c1-13-8-2-4-15(6-8)7-9-14-3-5-16(9)10(11)12;;/h3,5,8,10,13H,2,4,6-7H2,1H3;2*1H. The minimum absolute atomic E-state index is 0. The number of hydrogen-bond donors (Lipinski definition) is 1. The lowest BCUT2D eigenvalue weighted by molar-refractivity contribution is 0.0645. The van der Waals surface area contributed by atoms with Crippen molar-refractivity contribution in [3.05, 3.63) is 18.2 Å². The molecule has 1 aromatic rings. The summed E-state index contributed by atoms with van der Waals surface area (Å²) in [6, 6.07) is 0.468. The Bertz CT molecular complexity index is 348. The third kappa shape index (κ3) is 4.05. The summed E-state index contributed by atoms with van der Waals surface area (Å²) in [5, 5.41) is 3.19. The molecular formula is C10H18Cl2F2N4. The summed E-state index contributed by atoms with van der Waals surface area (Å²) in [6.45, 7) is -0.177. The molecule has 0 aromatic carbocycles. The van der Waals surface area contributed by atoms with Gasteiger partial charge in [-0.25, -0.2) is 4.98 Å². The Kier molecular flexibility index (Phi) is 7.70. The van der Waals surface area contributed by atoms with Gasteiger partial charge in [-0.2, -0.15) is 8.78 Å². The second-order valence-electron chi connectivity index (χ2n) is 4.04. The van der Waals surface area contributed by atoms with Crippen LogP contribution in [0.25, 0.3) is 0 Å². The van der Waals surface area contributed by atoms with Crippen LogP contribution in [0, 0.1) is 0 Å². The molecule has 1 atom stereocenters. The van der Waals surface area contributed by atoms with Crippen LogP contribution < -0.4 is 5.32 Å². The first-order valence-electron chi connectivity index (χ1n) is 5.40. The molecule has 0 amide bonds. The molecule has 0 aliphatic carbocycles. The van der Waals surface area contributed by atoms with Gasteiger partial charge in [0, 0.05) is 31.5 Å². The van der Waals surface area contributed by atoms with E-state index in [4.69, 9.17) is 0 Å². The summed E-state index contributed by atoms with van der Waals surface area (Å²) in [5.41, 5.74) is 0. The number of halogens is 4. The Morgan fingerprint density at radius 2 is 2.22 bits per heavy atom. The lowest BCUT2D eigenvalue weighted by Gasteiger charge is -2.16. The molecule has 0 saturated carbocycles. The van der Waals surface area contributed by atoms with Gasteiger partial charge in [0.05, 0.1) is 6.54 Å². The van der Waals surface area contributed by atoms with Crippen LogP contribution in [0.3, 0.4) is 0 Å². The molecule has 1 fully saturated rings. The van der Waals surface area contributed by atoms with Crippen LogP contribution in [-0.2, 0) is 6.54 Å². The fraction of sp³-hybridized carbons (Fsp3) is 0.700. The van der Waals surface area contributed by atoms with Gasteiger partial charge < -0.3 is 5.32 Å². The largest absolute Gasteiger partial charge is 0.319 e. The molecule has 1 N–H and O–H groups in total. The first kappa shape index (κ1) is 17.6. The molecule has 0 radical (unpaired) electrons. The zero-order valence-electron chi connectivity index (χ0n) is 10.1. The molecule has 2 rings (SSSR count). The fourth-order valence-electron chi connectivity index (χ4n) is 2.06. The van der Waals surface area contributed by atoms with Crippen LogP contribution in [0.5, 0.6) is 0 Å². The molecule has 1 aliphatic rings. The highest BCUT2D eigenvalue weighted by atomic mass is 35.5. The Balaban J connectivity index is 0.00000144. The molecule has 0 spiro atoms. The molecule has 106 valence electrons. The van der Waals surface area contributed by atoms with Gasteiger partial charge in [-0.3, -0.25) is 9.47 Å². The molecule has 0 bridgehead atoms. The summed E-state index contributed by atoms with van der Waals surface area (Å²) < 4.78 is 26.1. The van der Waals surface area contributed by atoms with Crippen LogP contribution in [-0.4, -0.2) is 40.6 Å². The average Bonchev–Trinajstić information content (AvgIpc) is 2.87. The van der Waals surface area contributed by atoms with Crippen molar-refractivity contribution < 1.29 is 8.78 Å². The van der Waals surface area contributed by atoms with Crippen LogP contribution in [0.2, 0.25) is 0 Å². The molecule has 8 heteroatoms. The quantitative estimate of drug-likeness (QED) is 0.922. The maximum absolute atomic E-state index is 12.6. The predicted octanol–water partition coefficient (Wildman–Crippen LogP) is 1.92. The van der Waals surface area contributed by atoms with Crippen molar-refractivity contribution in [2.45, 2.75) is 25.6 Å². The van der Waals surface area contributed by atoms with Crippen molar-refractivity contribution in [1.82, 2.24) is 19.8 Å². The monoisotopic (exact) mass is 302 g/mol. The van der Waals surface area contributed by atoms with Gasteiger partial charge in [-0.15, -0.1) is 24.8 Å². The number of nitrogens with one attached hydrogen (secondary N) is 1. The van der Waals surface area contributed by atoms with Crippen molar-refractivity contribution in [1.29, 1.82) is 0 Å². The Morgan fingerprint density at radius 1 is 1.50 bits per heavy atom. The average molecular weight is 303 g/mol. The predicted molar refractivity (Wildman–Crippen MR) is 70.7 cm³/mol. The summed E-state index contributed by atoms with van der Waals surface area (Å²) in [5.74, 6) is 0.437. The Morgan fingerprint density at radius 3 is 2.78 bits per heavy atom. The second kappa shape index (κ2) is 7.89. The van der Waals surface area contributed by atoms with E-state index in [1.165, 1.54) is 12.4 Å². The highest BCUT2D eigenvalue weighted by Crippen LogP contribution is 2.16. The van der Waals surface area contributed by atoms with Crippen molar-refractivity contribution >= 4 is 24.8 Å². The van der Waals surface area contributed by atoms with Gasteiger partial charge in [-0.1, -0.05) is 0 Å². The van der Waals surface area contributed by atoms with Crippen molar-refractivity contribution in [3.63, 3.8) is 0 Å². The van der Waals surface area contributed by atoms with Crippen LogP contribution >= 0.6 is 24.8 Å². The van der Waals surface area contributed by atoms with E-state index < -0.39 is 6.55 Å². The number of alkyl halides is 2. The van der Waals surface area contributed by atoms with Crippen LogP contribution in [0.15, 0.2) is 12.4 Å². The SMILES string of the molecule is CNC1CCN(Cc2nccn2C(F)F)C1.Cl.Cl. The van der Waals surface area contributed by atoms with Gasteiger partial charge in [0.2, 0.25) is 0 Å². The highest BCUT2D eigenvalue weighted by Gasteiger charge is 2.23. The zero-order chi connectivity index (χ0) is 11.5. The lowest BCUT2D eigenvalue weighted by atomic mass is 10.3. The molecular weight excluding hydrogens is 285 g/mol. The first-order valence-corrected chi connectivity index (χ1v) is 5.40. The summed E-state index contributed by atoms with van der Waals surface area (Å²) in [4.78, 5) is 6.11. The molecule has 2 heterocycles.